The maximum absolute atomic E-state index is 12.5. The molecule has 1 aliphatic heterocycles. The van der Waals surface area contributed by atoms with Gasteiger partial charge in [-0.05, 0) is 61.4 Å². The van der Waals surface area contributed by atoms with Gasteiger partial charge in [0.05, 0.1) is 0 Å². The van der Waals surface area contributed by atoms with Crippen LogP contribution in [-0.4, -0.2) is 57.0 Å². The molecule has 2 amide bonds. The second-order valence-electron chi connectivity index (χ2n) is 8.03. The van der Waals surface area contributed by atoms with Gasteiger partial charge in [-0.2, -0.15) is 0 Å². The van der Waals surface area contributed by atoms with Crippen LogP contribution in [0.1, 0.15) is 23.2 Å². The smallest absolute Gasteiger partial charge is 0.255 e. The first-order valence-electron chi connectivity index (χ1n) is 10.2. The van der Waals surface area contributed by atoms with Gasteiger partial charge in [0.15, 0.2) is 0 Å². The third-order valence-corrected chi connectivity index (χ3v) is 5.65. The number of rotatable bonds is 5. The molecule has 0 bridgehead atoms. The summed E-state index contributed by atoms with van der Waals surface area (Å²) in [6.45, 7) is 3.23. The molecule has 1 saturated carbocycles. The fraction of sp³-hybridized carbons (Fsp3) is 0.391. The molecule has 29 heavy (non-hydrogen) atoms. The molecule has 0 unspecified atom stereocenters. The topological polar surface area (TPSA) is 55.9 Å². The van der Waals surface area contributed by atoms with E-state index in [9.17, 15) is 9.59 Å². The Bertz CT molecular complexity index is 865. The van der Waals surface area contributed by atoms with E-state index in [1.54, 1.807) is 0 Å². The summed E-state index contributed by atoms with van der Waals surface area (Å²) in [6.07, 6.45) is 2.12. The van der Waals surface area contributed by atoms with Crippen LogP contribution in [0.25, 0.3) is 0 Å². The minimum atomic E-state index is -0.117. The standard InChI is InChI=1S/C23H28N4O2/c1-25(2)20-11-7-19(8-12-20)24-22(28)17-5-9-21(10-6-17)26-13-15-27(16-14-26)23(29)18-3-4-18/h5-12,18H,3-4,13-16H2,1-2H3,(H,24,28). The third-order valence-electron chi connectivity index (χ3n) is 5.65. The van der Waals surface area contributed by atoms with Crippen LogP contribution >= 0.6 is 0 Å². The zero-order valence-corrected chi connectivity index (χ0v) is 17.1. The number of amides is 2. The summed E-state index contributed by atoms with van der Waals surface area (Å²) in [5, 5.41) is 2.94. The van der Waals surface area contributed by atoms with Crippen LogP contribution in [0.15, 0.2) is 48.5 Å². The Hall–Kier alpha value is -3.02. The van der Waals surface area contributed by atoms with Gasteiger partial charge in [-0.1, -0.05) is 0 Å². The summed E-state index contributed by atoms with van der Waals surface area (Å²) in [6, 6.07) is 15.5. The third kappa shape index (κ3) is 4.53. The van der Waals surface area contributed by atoms with Crippen molar-refractivity contribution in [2.45, 2.75) is 12.8 Å². The Morgan fingerprint density at radius 3 is 2.07 bits per heavy atom. The van der Waals surface area contributed by atoms with Crippen molar-refractivity contribution in [3.8, 4) is 0 Å². The number of hydrogen-bond donors (Lipinski definition) is 1. The van der Waals surface area contributed by atoms with Crippen molar-refractivity contribution < 1.29 is 9.59 Å². The summed E-state index contributed by atoms with van der Waals surface area (Å²) in [7, 11) is 3.97. The van der Waals surface area contributed by atoms with E-state index in [1.807, 2.05) is 72.4 Å². The summed E-state index contributed by atoms with van der Waals surface area (Å²) in [5.41, 5.74) is 3.59. The highest BCUT2D eigenvalue weighted by molar-refractivity contribution is 6.04. The predicted octanol–water partition coefficient (Wildman–Crippen LogP) is 3.06. The number of carbonyl (C=O) groups excluding carboxylic acids is 2. The van der Waals surface area contributed by atoms with Crippen molar-refractivity contribution in [2.75, 3.05) is 55.4 Å². The van der Waals surface area contributed by atoms with Crippen molar-refractivity contribution in [2.24, 2.45) is 5.92 Å². The van der Waals surface area contributed by atoms with Crippen molar-refractivity contribution >= 4 is 28.9 Å². The predicted molar refractivity (Wildman–Crippen MR) is 117 cm³/mol. The molecule has 6 nitrogen and oxygen atoms in total. The number of nitrogens with one attached hydrogen (secondary N) is 1. The molecule has 2 aromatic rings. The molecule has 1 saturated heterocycles. The summed E-state index contributed by atoms with van der Waals surface area (Å²) < 4.78 is 0. The van der Waals surface area contributed by atoms with Gasteiger partial charge in [-0.15, -0.1) is 0 Å². The Labute approximate surface area is 172 Å². The molecule has 0 radical (unpaired) electrons. The van der Waals surface area contributed by atoms with Crippen LogP contribution in [0.3, 0.4) is 0 Å². The first-order valence-corrected chi connectivity index (χ1v) is 10.2. The number of carbonyl (C=O) groups is 2. The zero-order chi connectivity index (χ0) is 20.4. The summed E-state index contributed by atoms with van der Waals surface area (Å²) in [4.78, 5) is 31.0. The van der Waals surface area contributed by atoms with Crippen LogP contribution in [0.5, 0.6) is 0 Å². The SMILES string of the molecule is CN(C)c1ccc(NC(=O)c2ccc(N3CCN(C(=O)C4CC4)CC3)cc2)cc1. The largest absolute Gasteiger partial charge is 0.378 e. The molecule has 6 heteroatoms. The number of benzene rings is 2. The normalized spacial score (nSPS) is 16.5. The Kier molecular flexibility index (Phi) is 5.43. The maximum atomic E-state index is 12.5. The van der Waals surface area contributed by atoms with Gasteiger partial charge in [0, 0.05) is 68.8 Å². The van der Waals surface area contributed by atoms with E-state index in [0.29, 0.717) is 17.4 Å². The van der Waals surface area contributed by atoms with Gasteiger partial charge in [0.2, 0.25) is 5.91 Å². The van der Waals surface area contributed by atoms with Crippen molar-refractivity contribution in [1.29, 1.82) is 0 Å². The van der Waals surface area contributed by atoms with Crippen molar-refractivity contribution in [3.05, 3.63) is 54.1 Å². The average Bonchev–Trinajstić information content (AvgIpc) is 3.59. The van der Waals surface area contributed by atoms with Crippen molar-refractivity contribution in [1.82, 2.24) is 4.90 Å². The molecule has 2 aliphatic rings. The first-order chi connectivity index (χ1) is 14.0. The van der Waals surface area contributed by atoms with E-state index in [4.69, 9.17) is 0 Å². The number of piperazine rings is 1. The molecular weight excluding hydrogens is 364 g/mol. The highest BCUT2D eigenvalue weighted by Gasteiger charge is 2.34. The van der Waals surface area contributed by atoms with E-state index < -0.39 is 0 Å². The Morgan fingerprint density at radius 1 is 0.897 bits per heavy atom. The van der Waals surface area contributed by atoms with E-state index in [1.165, 1.54) is 0 Å². The molecule has 0 atom stereocenters. The quantitative estimate of drug-likeness (QED) is 0.850. The molecule has 0 aromatic heterocycles. The number of hydrogen-bond acceptors (Lipinski definition) is 4. The van der Waals surface area contributed by atoms with Gasteiger partial charge in [-0.3, -0.25) is 9.59 Å². The van der Waals surface area contributed by atoms with Crippen LogP contribution in [0.2, 0.25) is 0 Å². The molecule has 1 aliphatic carbocycles. The fourth-order valence-electron chi connectivity index (χ4n) is 3.64. The molecule has 1 N–H and O–H groups in total. The van der Waals surface area contributed by atoms with Gasteiger partial charge >= 0.3 is 0 Å². The second kappa shape index (κ2) is 8.15. The molecule has 4 rings (SSSR count). The number of nitrogens with zero attached hydrogens (tertiary/aromatic N) is 3. The van der Waals surface area contributed by atoms with Crippen LogP contribution in [0, 0.1) is 5.92 Å². The molecule has 1 heterocycles. The highest BCUT2D eigenvalue weighted by Crippen LogP contribution is 2.31. The van der Waals surface area contributed by atoms with Crippen LogP contribution in [-0.2, 0) is 4.79 Å². The van der Waals surface area contributed by atoms with Gasteiger partial charge in [-0.25, -0.2) is 0 Å². The molecule has 152 valence electrons. The lowest BCUT2D eigenvalue weighted by Gasteiger charge is -2.36. The Morgan fingerprint density at radius 2 is 1.52 bits per heavy atom. The van der Waals surface area contributed by atoms with E-state index in [-0.39, 0.29) is 5.91 Å². The lowest BCUT2D eigenvalue weighted by molar-refractivity contribution is -0.132. The zero-order valence-electron chi connectivity index (χ0n) is 17.1. The van der Waals surface area contributed by atoms with E-state index in [0.717, 1.165) is 56.1 Å². The van der Waals surface area contributed by atoms with Gasteiger partial charge in [0.25, 0.3) is 5.91 Å². The van der Waals surface area contributed by atoms with Crippen LogP contribution in [0.4, 0.5) is 17.1 Å². The Balaban J connectivity index is 1.32. The molecule has 2 aromatic carbocycles. The second-order valence-corrected chi connectivity index (χ2v) is 8.03. The minimum absolute atomic E-state index is 0.117. The fourth-order valence-corrected chi connectivity index (χ4v) is 3.64. The molecule has 2 fully saturated rings. The average molecular weight is 393 g/mol. The first kappa shape index (κ1) is 19.3. The maximum Gasteiger partial charge on any atom is 0.255 e. The summed E-state index contributed by atoms with van der Waals surface area (Å²) in [5.74, 6) is 0.503. The van der Waals surface area contributed by atoms with E-state index >= 15 is 0 Å². The van der Waals surface area contributed by atoms with Gasteiger partial charge < -0.3 is 20.0 Å². The monoisotopic (exact) mass is 392 g/mol. The molecular formula is C23H28N4O2. The summed E-state index contributed by atoms with van der Waals surface area (Å²) >= 11 is 0. The highest BCUT2D eigenvalue weighted by atomic mass is 16.2. The number of anilines is 3. The van der Waals surface area contributed by atoms with E-state index in [2.05, 4.69) is 10.2 Å². The lowest BCUT2D eigenvalue weighted by atomic mass is 10.1. The van der Waals surface area contributed by atoms with Crippen LogP contribution < -0.4 is 15.1 Å². The lowest BCUT2D eigenvalue weighted by Crippen LogP contribution is -2.49. The molecule has 0 spiro atoms. The van der Waals surface area contributed by atoms with Crippen molar-refractivity contribution in [3.63, 3.8) is 0 Å². The van der Waals surface area contributed by atoms with Gasteiger partial charge in [0.1, 0.15) is 0 Å². The minimum Gasteiger partial charge on any atom is -0.378 e.